The number of imide groups is 1. The maximum atomic E-state index is 15.2. The highest BCUT2D eigenvalue weighted by molar-refractivity contribution is 8.00. The number of hydrogen-bond donors (Lipinski definition) is 8. The smallest absolute Gasteiger partial charge is 0.410 e. The molecule has 106 heavy (non-hydrogen) atoms. The summed E-state index contributed by atoms with van der Waals surface area (Å²) in [5, 5.41) is 16.2. The van der Waals surface area contributed by atoms with Gasteiger partial charge in [-0.15, -0.1) is 11.8 Å². The molecule has 2 aliphatic rings. The number of rotatable bonds is 46. The van der Waals surface area contributed by atoms with Crippen LogP contribution in [0.2, 0.25) is 0 Å². The molecule has 1 unspecified atom stereocenters. The predicted octanol–water partition coefficient (Wildman–Crippen LogP) is 6.00. The van der Waals surface area contributed by atoms with Crippen LogP contribution < -0.4 is 43.4 Å². The second-order valence-corrected chi connectivity index (χ2v) is 30.4. The number of nitrogens with one attached hydrogen (secondary N) is 6. The van der Waals surface area contributed by atoms with Gasteiger partial charge in [-0.1, -0.05) is 99.8 Å². The second kappa shape index (κ2) is 44.9. The van der Waals surface area contributed by atoms with Crippen molar-refractivity contribution in [3.8, 4) is 0 Å². The van der Waals surface area contributed by atoms with Gasteiger partial charge in [-0.2, -0.15) is 0 Å². The number of carbonyl (C=O) groups is 12. The Hall–Kier alpha value is -8.03. The number of thioether (sulfide) groups is 1. The highest BCUT2D eigenvalue weighted by Gasteiger charge is 2.48. The summed E-state index contributed by atoms with van der Waals surface area (Å²) >= 11 is 1.44. The lowest BCUT2D eigenvalue weighted by molar-refractivity contribution is -0.148. The molecule has 2 aliphatic heterocycles. The highest BCUT2D eigenvalue weighted by atomic mass is 32.2. The molecule has 0 bridgehead atoms. The van der Waals surface area contributed by atoms with Gasteiger partial charge in [-0.25, -0.2) is 18.4 Å². The first-order valence-corrected chi connectivity index (χ1v) is 38.1. The van der Waals surface area contributed by atoms with E-state index in [1.54, 1.807) is 80.9 Å². The topological polar surface area (TPSA) is 373 Å². The fraction of sp³-hybridized carbons (Fsp3) is 0.680. The fourth-order valence-electron chi connectivity index (χ4n) is 13.6. The Morgan fingerprint density at radius 3 is 1.93 bits per heavy atom. The molecule has 594 valence electrons. The molecule has 28 nitrogen and oxygen atoms in total. The molecule has 0 spiro atoms. The number of unbranched alkanes of at least 4 members (excludes halogenated alkanes) is 4. The quantitative estimate of drug-likeness (QED) is 0.0278. The summed E-state index contributed by atoms with van der Waals surface area (Å²) in [5.41, 5.74) is 11.1. The van der Waals surface area contributed by atoms with Crippen molar-refractivity contribution in [1.29, 1.82) is 0 Å². The standard InChI is InChI=1S/C75H119F2N13O15S/c1-16-47(8)66(88(13)73(100)64(45(4)5)85-71(98)65(46(6)7)86(10)11)57(103-14)40-61(93)90-42-51(39-56(90)67(104-15)48(9)68(95)80-36-34-52-53(76)25-23-26-54(52)77)87(12)75(102)105-43-49-30-32-50(33-31-49)82-69(96)55(27-24-35-81-74(79)101)83-70(97)63(44(2)3)84-60(92)29-20-17-21-37-89-62(94)41-58(72(89)99)106-38-22-18-19-28-59(78)91/h23,25-26,30-33,44-48,51,55-58,63-67H,16-22,24,27-29,34-43H2,1-15H3,(H2,78,91)(H,80,95)(H,82,96)(H,83,97)(H,84,92)(H,85,98)(H3,79,81,101)/t47-,48+,51-,55-,56-,57+,58?,63-,64-,65-,66-,67+/m0/s1. The van der Waals surface area contributed by atoms with Gasteiger partial charge in [0.2, 0.25) is 59.1 Å². The van der Waals surface area contributed by atoms with Crippen LogP contribution in [-0.4, -0.2) is 230 Å². The number of nitrogens with two attached hydrogens (primary N) is 2. The van der Waals surface area contributed by atoms with Gasteiger partial charge in [0.1, 0.15) is 36.4 Å². The highest BCUT2D eigenvalue weighted by Crippen LogP contribution is 2.33. The molecule has 2 saturated heterocycles. The lowest BCUT2D eigenvalue weighted by atomic mass is 9.89. The molecule has 0 aliphatic carbocycles. The van der Waals surface area contributed by atoms with Crippen LogP contribution in [0.3, 0.4) is 0 Å². The Bertz CT molecular complexity index is 3230. The van der Waals surface area contributed by atoms with E-state index in [9.17, 15) is 61.5 Å². The zero-order valence-electron chi connectivity index (χ0n) is 64.7. The van der Waals surface area contributed by atoms with Crippen LogP contribution >= 0.6 is 11.8 Å². The number of ether oxygens (including phenoxy) is 3. The van der Waals surface area contributed by atoms with Crippen molar-refractivity contribution in [1.82, 2.24) is 51.1 Å². The van der Waals surface area contributed by atoms with E-state index in [2.05, 4.69) is 31.9 Å². The average molecular weight is 1510 g/mol. The molecule has 10 N–H and O–H groups in total. The first kappa shape index (κ1) is 90.4. The SMILES string of the molecule is CC[C@H](C)[C@@H]([C@@H](CC(=O)N1C[C@@H](N(C)C(=O)OCc2ccc(NC(=O)[C@H](CCCNC(N)=O)NC(=O)[C@@H](NC(=O)CCCCCN3C(=O)CC(SCCCCCC(N)=O)C3=O)C(C)C)cc2)C[C@H]1[C@H](OC)[C@@H](C)C(=O)NCCc1c(F)cccc1F)OC)N(C)C(=O)[C@@H](NC(=O)[C@H](C(C)C)N(C)C)C(C)C. The Balaban J connectivity index is 1.47. The first-order valence-electron chi connectivity index (χ1n) is 37.0. The Labute approximate surface area is 628 Å². The second-order valence-electron chi connectivity index (χ2n) is 29.1. The molecule has 0 radical (unpaired) electrons. The van der Waals surface area contributed by atoms with E-state index in [1.807, 2.05) is 41.5 Å². The summed E-state index contributed by atoms with van der Waals surface area (Å²) in [6.07, 6.45) is 2.09. The van der Waals surface area contributed by atoms with Gasteiger partial charge in [0.05, 0.1) is 54.0 Å². The summed E-state index contributed by atoms with van der Waals surface area (Å²) in [6, 6.07) is 3.22. The number of carbonyl (C=O) groups excluding carboxylic acids is 12. The number of primary amides is 2. The van der Waals surface area contributed by atoms with E-state index in [0.29, 0.717) is 55.5 Å². The molecule has 12 atom stereocenters. The van der Waals surface area contributed by atoms with Gasteiger partial charge in [-0.3, -0.25) is 57.7 Å². The summed E-state index contributed by atoms with van der Waals surface area (Å²) in [7, 11) is 9.61. The van der Waals surface area contributed by atoms with Crippen molar-refractivity contribution >= 4 is 88.6 Å². The molecule has 4 rings (SSSR count). The molecular formula is C75H119F2N13O15S. The number of likely N-dealkylation sites (N-methyl/N-ethyl adjacent to an activating group) is 3. The molecule has 2 aromatic rings. The third kappa shape index (κ3) is 27.6. The van der Waals surface area contributed by atoms with E-state index in [0.717, 1.165) is 25.0 Å². The van der Waals surface area contributed by atoms with Crippen LogP contribution in [0.15, 0.2) is 42.5 Å². The number of urea groups is 1. The number of anilines is 1. The van der Waals surface area contributed by atoms with Crippen LogP contribution in [0.5, 0.6) is 0 Å². The van der Waals surface area contributed by atoms with Crippen molar-refractivity contribution < 1.29 is 80.5 Å². The summed E-state index contributed by atoms with van der Waals surface area (Å²) in [6.45, 7) is 16.4. The summed E-state index contributed by atoms with van der Waals surface area (Å²) in [4.78, 5) is 169. The first-order chi connectivity index (χ1) is 50.1. The van der Waals surface area contributed by atoms with Crippen molar-refractivity contribution in [3.05, 3.63) is 65.2 Å². The van der Waals surface area contributed by atoms with E-state index in [1.165, 1.54) is 48.9 Å². The number of halogens is 2. The van der Waals surface area contributed by atoms with Crippen molar-refractivity contribution in [2.45, 2.75) is 225 Å². The van der Waals surface area contributed by atoms with Gasteiger partial charge in [0.15, 0.2) is 0 Å². The van der Waals surface area contributed by atoms with Gasteiger partial charge >= 0.3 is 12.1 Å². The summed E-state index contributed by atoms with van der Waals surface area (Å²) < 4.78 is 47.3. The van der Waals surface area contributed by atoms with Gasteiger partial charge in [0, 0.05) is 85.0 Å². The average Bonchev–Trinajstić information content (AvgIpc) is 1.56. The van der Waals surface area contributed by atoms with Gasteiger partial charge in [0.25, 0.3) is 0 Å². The third-order valence-electron chi connectivity index (χ3n) is 19.9. The van der Waals surface area contributed by atoms with E-state index in [4.69, 9.17) is 25.7 Å². The fourth-order valence-corrected chi connectivity index (χ4v) is 14.8. The minimum atomic E-state index is -1.15. The molecule has 13 amide bonds. The number of hydrogen-bond acceptors (Lipinski definition) is 17. The number of methoxy groups -OCH3 is 2. The maximum Gasteiger partial charge on any atom is 0.410 e. The zero-order chi connectivity index (χ0) is 79.2. The molecule has 2 heterocycles. The van der Waals surface area contributed by atoms with Crippen LogP contribution in [0.4, 0.5) is 24.1 Å². The number of nitrogens with zero attached hydrogens (tertiary/aromatic N) is 5. The zero-order valence-corrected chi connectivity index (χ0v) is 65.5. The summed E-state index contributed by atoms with van der Waals surface area (Å²) in [5.74, 6) is -6.91. The Kier molecular flexibility index (Phi) is 38.3. The Morgan fingerprint density at radius 1 is 0.708 bits per heavy atom. The molecule has 0 aromatic heterocycles. The normalized spacial score (nSPS) is 17.8. The number of amides is 13. The molecule has 2 aromatic carbocycles. The Morgan fingerprint density at radius 2 is 1.35 bits per heavy atom. The maximum absolute atomic E-state index is 15.2. The minimum Gasteiger partial charge on any atom is -0.445 e. The third-order valence-corrected chi connectivity index (χ3v) is 21.2. The van der Waals surface area contributed by atoms with E-state index in [-0.39, 0.29) is 131 Å². The van der Waals surface area contributed by atoms with Crippen molar-refractivity contribution in [3.63, 3.8) is 0 Å². The van der Waals surface area contributed by atoms with Crippen LogP contribution in [0, 0.1) is 41.2 Å². The van der Waals surface area contributed by atoms with E-state index >= 15 is 4.79 Å². The van der Waals surface area contributed by atoms with Crippen LogP contribution in [0.1, 0.15) is 163 Å². The van der Waals surface area contributed by atoms with Crippen LogP contribution in [0.25, 0.3) is 0 Å². The minimum absolute atomic E-state index is 0.0491. The van der Waals surface area contributed by atoms with Gasteiger partial charge < -0.3 is 72.3 Å². The molecule has 2 fully saturated rings. The van der Waals surface area contributed by atoms with Gasteiger partial charge in [-0.05, 0) is 125 Å². The molecular weight excluding hydrogens is 1390 g/mol. The lowest BCUT2D eigenvalue weighted by Crippen LogP contribution is -2.59. The van der Waals surface area contributed by atoms with Crippen molar-refractivity contribution in [2.24, 2.45) is 41.1 Å². The molecule has 0 saturated carbocycles. The lowest BCUT2D eigenvalue weighted by Gasteiger charge is -2.41. The van der Waals surface area contributed by atoms with E-state index < -0.39 is 125 Å². The van der Waals surface area contributed by atoms with Crippen LogP contribution in [-0.2, 0) is 75.2 Å². The van der Waals surface area contributed by atoms with Crippen molar-refractivity contribution in [2.75, 3.05) is 79.7 Å². The predicted molar refractivity (Wildman–Crippen MR) is 400 cm³/mol. The monoisotopic (exact) mass is 1510 g/mol. The number of likely N-dealkylation sites (tertiary alicyclic amines) is 2. The molecule has 31 heteroatoms. The largest absolute Gasteiger partial charge is 0.445 e. The number of benzene rings is 2.